The fourth-order valence-corrected chi connectivity index (χ4v) is 4.58. The van der Waals surface area contributed by atoms with Gasteiger partial charge in [-0.1, -0.05) is 30.3 Å². The zero-order chi connectivity index (χ0) is 29.4. The first kappa shape index (κ1) is 29.4. The van der Waals surface area contributed by atoms with E-state index in [1.54, 1.807) is 17.1 Å². The fourth-order valence-electron chi connectivity index (χ4n) is 4.58. The van der Waals surface area contributed by atoms with Crippen LogP contribution in [0.15, 0.2) is 67.3 Å². The zero-order valence-corrected chi connectivity index (χ0v) is 21.9. The van der Waals surface area contributed by atoms with Gasteiger partial charge in [-0.2, -0.15) is 18.3 Å². The SMILES string of the molecule is O=C(O)C(F)(F)F.O=C(O)c1c2c(nn1CCCNCCc1ccc(-c3cccnc3)cc1)-c1ccncc1CC2. The van der Waals surface area contributed by atoms with Crippen LogP contribution in [0.3, 0.4) is 0 Å². The van der Waals surface area contributed by atoms with Crippen molar-refractivity contribution in [3.63, 3.8) is 0 Å². The Morgan fingerprint density at radius 3 is 2.32 bits per heavy atom. The highest BCUT2D eigenvalue weighted by Gasteiger charge is 2.38. The highest BCUT2D eigenvalue weighted by Crippen LogP contribution is 2.34. The number of aromatic carboxylic acids is 1. The number of pyridine rings is 2. The van der Waals surface area contributed by atoms with Crippen LogP contribution in [0, 0.1) is 0 Å². The van der Waals surface area contributed by atoms with E-state index in [4.69, 9.17) is 9.90 Å². The van der Waals surface area contributed by atoms with Crippen molar-refractivity contribution in [3.05, 3.63) is 89.6 Å². The van der Waals surface area contributed by atoms with E-state index in [2.05, 4.69) is 50.7 Å². The number of hydrogen-bond donors (Lipinski definition) is 3. The third-order valence-electron chi connectivity index (χ3n) is 6.56. The van der Waals surface area contributed by atoms with Gasteiger partial charge in [0.15, 0.2) is 0 Å². The molecule has 0 saturated heterocycles. The standard InChI is InChI=1S/C27H27N5O2.C2HF3O2/c33-27(34)26-24-9-8-22-18-30-15-11-23(22)25(24)31-32(26)16-2-13-28-14-10-19-4-6-20(7-5-19)21-3-1-12-29-17-21;3-2(4,5)1(6)7/h1,3-7,11-12,15,17-18,28H,2,8-10,13-14,16H2,(H,33,34);(H,6,7). The van der Waals surface area contributed by atoms with Gasteiger partial charge in [0, 0.05) is 42.5 Å². The molecule has 3 heterocycles. The second-order valence-corrected chi connectivity index (χ2v) is 9.33. The van der Waals surface area contributed by atoms with Gasteiger partial charge < -0.3 is 15.5 Å². The molecule has 0 unspecified atom stereocenters. The van der Waals surface area contributed by atoms with Crippen molar-refractivity contribution in [3.8, 4) is 22.4 Å². The number of rotatable bonds is 9. The number of carboxylic acids is 2. The number of aromatic nitrogens is 4. The molecule has 3 N–H and O–H groups in total. The van der Waals surface area contributed by atoms with Gasteiger partial charge in [0.05, 0.1) is 5.69 Å². The second kappa shape index (κ2) is 13.2. The van der Waals surface area contributed by atoms with Crippen molar-refractivity contribution in [2.75, 3.05) is 13.1 Å². The maximum absolute atomic E-state index is 12.0. The molecule has 0 spiro atoms. The van der Waals surface area contributed by atoms with Crippen LogP contribution in [0.5, 0.6) is 0 Å². The summed E-state index contributed by atoms with van der Waals surface area (Å²) in [6.07, 6.45) is 5.40. The first-order chi connectivity index (χ1) is 19.6. The van der Waals surface area contributed by atoms with Gasteiger partial charge in [0.25, 0.3) is 0 Å². The highest BCUT2D eigenvalue weighted by atomic mass is 19.4. The van der Waals surface area contributed by atoms with Gasteiger partial charge in [-0.15, -0.1) is 0 Å². The zero-order valence-electron chi connectivity index (χ0n) is 21.9. The summed E-state index contributed by atoms with van der Waals surface area (Å²) in [4.78, 5) is 29.2. The summed E-state index contributed by atoms with van der Waals surface area (Å²) in [5.74, 6) is -3.67. The van der Waals surface area contributed by atoms with Crippen molar-refractivity contribution in [1.82, 2.24) is 25.1 Å². The Hall–Kier alpha value is -4.58. The van der Waals surface area contributed by atoms with E-state index < -0.39 is 18.1 Å². The van der Waals surface area contributed by atoms with E-state index in [0.717, 1.165) is 60.3 Å². The van der Waals surface area contributed by atoms with Crippen LogP contribution < -0.4 is 5.32 Å². The van der Waals surface area contributed by atoms with E-state index in [1.807, 2.05) is 24.5 Å². The lowest BCUT2D eigenvalue weighted by atomic mass is 9.90. The molecule has 4 aromatic rings. The van der Waals surface area contributed by atoms with Crippen LogP contribution >= 0.6 is 0 Å². The summed E-state index contributed by atoms with van der Waals surface area (Å²) in [7, 11) is 0. The van der Waals surface area contributed by atoms with E-state index in [9.17, 15) is 23.1 Å². The third-order valence-corrected chi connectivity index (χ3v) is 6.56. The number of nitrogens with zero attached hydrogens (tertiary/aromatic N) is 4. The van der Waals surface area contributed by atoms with E-state index >= 15 is 0 Å². The monoisotopic (exact) mass is 567 g/mol. The fraction of sp³-hybridized carbons (Fsp3) is 0.276. The second-order valence-electron chi connectivity index (χ2n) is 9.33. The number of benzene rings is 1. The maximum Gasteiger partial charge on any atom is 0.490 e. The Morgan fingerprint density at radius 2 is 1.66 bits per heavy atom. The Morgan fingerprint density at radius 1 is 0.927 bits per heavy atom. The molecule has 5 rings (SSSR count). The molecule has 3 aromatic heterocycles. The molecular formula is C29H28F3N5O4. The summed E-state index contributed by atoms with van der Waals surface area (Å²) in [5, 5.41) is 25.1. The number of alkyl halides is 3. The maximum atomic E-state index is 12.0. The van der Waals surface area contributed by atoms with Gasteiger partial charge in [-0.3, -0.25) is 14.6 Å². The average molecular weight is 568 g/mol. The Bertz CT molecular complexity index is 1490. The minimum Gasteiger partial charge on any atom is -0.477 e. The van der Waals surface area contributed by atoms with Crippen LogP contribution in [-0.4, -0.2) is 61.2 Å². The lowest BCUT2D eigenvalue weighted by Crippen LogP contribution is -2.21. The molecule has 0 radical (unpaired) electrons. The molecule has 41 heavy (non-hydrogen) atoms. The number of carbonyl (C=O) groups is 2. The van der Waals surface area contributed by atoms with Crippen molar-refractivity contribution in [2.45, 2.75) is 38.4 Å². The molecule has 12 heteroatoms. The van der Waals surface area contributed by atoms with Gasteiger partial charge in [0.1, 0.15) is 5.69 Å². The quantitative estimate of drug-likeness (QED) is 0.249. The summed E-state index contributed by atoms with van der Waals surface area (Å²) in [6, 6.07) is 14.5. The molecule has 0 bridgehead atoms. The predicted octanol–water partition coefficient (Wildman–Crippen LogP) is 4.66. The molecule has 9 nitrogen and oxygen atoms in total. The van der Waals surface area contributed by atoms with Crippen LogP contribution in [0.25, 0.3) is 22.4 Å². The van der Waals surface area contributed by atoms with E-state index in [-0.39, 0.29) is 0 Å². The number of carboxylic acid groups (broad SMARTS) is 2. The Balaban J connectivity index is 0.000000493. The van der Waals surface area contributed by atoms with E-state index in [1.165, 1.54) is 11.1 Å². The number of aliphatic carboxylic acids is 1. The largest absolute Gasteiger partial charge is 0.490 e. The summed E-state index contributed by atoms with van der Waals surface area (Å²) in [6.45, 7) is 2.24. The smallest absolute Gasteiger partial charge is 0.477 e. The summed E-state index contributed by atoms with van der Waals surface area (Å²) >= 11 is 0. The van der Waals surface area contributed by atoms with Crippen LogP contribution in [0.1, 0.15) is 33.6 Å². The molecule has 1 aliphatic rings. The first-order valence-electron chi connectivity index (χ1n) is 12.9. The van der Waals surface area contributed by atoms with Gasteiger partial charge in [-0.05, 0) is 73.2 Å². The molecule has 0 aliphatic heterocycles. The molecule has 0 saturated carbocycles. The lowest BCUT2D eigenvalue weighted by Gasteiger charge is -2.14. The normalized spacial score (nSPS) is 12.1. The van der Waals surface area contributed by atoms with Gasteiger partial charge in [0.2, 0.25) is 0 Å². The number of hydrogen-bond acceptors (Lipinski definition) is 6. The number of nitrogens with one attached hydrogen (secondary N) is 1. The van der Waals surface area contributed by atoms with Crippen molar-refractivity contribution >= 4 is 11.9 Å². The average Bonchev–Trinajstić information content (AvgIpc) is 3.35. The third kappa shape index (κ3) is 7.54. The molecule has 0 fully saturated rings. The number of aryl methyl sites for hydroxylation is 2. The summed E-state index contributed by atoms with van der Waals surface area (Å²) < 4.78 is 33.4. The van der Waals surface area contributed by atoms with Gasteiger partial charge in [-0.25, -0.2) is 9.59 Å². The molecule has 1 aliphatic carbocycles. The minimum absolute atomic E-state index is 0.325. The minimum atomic E-state index is -5.08. The molecule has 214 valence electrons. The topological polar surface area (TPSA) is 130 Å². The van der Waals surface area contributed by atoms with Crippen molar-refractivity contribution in [1.29, 1.82) is 0 Å². The van der Waals surface area contributed by atoms with Crippen LogP contribution in [0.4, 0.5) is 13.2 Å². The van der Waals surface area contributed by atoms with E-state index in [0.29, 0.717) is 18.7 Å². The number of fused-ring (bicyclic) bond motifs is 3. The van der Waals surface area contributed by atoms with Crippen LogP contribution in [0.2, 0.25) is 0 Å². The molecule has 1 aromatic carbocycles. The molecule has 0 atom stereocenters. The Kier molecular flexibility index (Phi) is 9.45. The van der Waals surface area contributed by atoms with Gasteiger partial charge >= 0.3 is 18.1 Å². The first-order valence-corrected chi connectivity index (χ1v) is 12.9. The predicted molar refractivity (Wildman–Crippen MR) is 144 cm³/mol. The van der Waals surface area contributed by atoms with Crippen LogP contribution in [-0.2, 0) is 30.6 Å². The lowest BCUT2D eigenvalue weighted by molar-refractivity contribution is -0.192. The summed E-state index contributed by atoms with van der Waals surface area (Å²) in [5.41, 5.74) is 7.66. The van der Waals surface area contributed by atoms with Crippen molar-refractivity contribution in [2.24, 2.45) is 0 Å². The molecular weight excluding hydrogens is 539 g/mol. The van der Waals surface area contributed by atoms with Crippen molar-refractivity contribution < 1.29 is 33.0 Å². The molecule has 0 amide bonds. The number of halogens is 3. The Labute approximate surface area is 233 Å². The highest BCUT2D eigenvalue weighted by molar-refractivity contribution is 5.90.